The van der Waals surface area contributed by atoms with Crippen molar-refractivity contribution in [1.82, 2.24) is 9.55 Å². The van der Waals surface area contributed by atoms with Crippen molar-refractivity contribution in [2.45, 2.75) is 13.0 Å². The first kappa shape index (κ1) is 8.41. The van der Waals surface area contributed by atoms with E-state index in [1.54, 1.807) is 0 Å². The van der Waals surface area contributed by atoms with E-state index < -0.39 is 0 Å². The van der Waals surface area contributed by atoms with E-state index in [-0.39, 0.29) is 5.56 Å². The Labute approximate surface area is 86.7 Å². The number of hydrogen-bond acceptors (Lipinski definition) is 2. The minimum absolute atomic E-state index is 0.153. The van der Waals surface area contributed by atoms with Crippen LogP contribution >= 0.6 is 0 Å². The highest BCUT2D eigenvalue weighted by molar-refractivity contribution is 5.80. The Bertz CT molecular complexity index is 625. The van der Waals surface area contributed by atoms with Crippen LogP contribution in [0.4, 0.5) is 0 Å². The fraction of sp³-hybridized carbons (Fsp3) is 0.167. The second-order valence-corrected chi connectivity index (χ2v) is 3.76. The van der Waals surface area contributed by atoms with Crippen LogP contribution in [0, 0.1) is 0 Å². The van der Waals surface area contributed by atoms with Gasteiger partial charge < -0.3 is 4.57 Å². The maximum atomic E-state index is 11.7. The molecule has 1 aliphatic heterocycles. The Morgan fingerprint density at radius 3 is 3.00 bits per heavy atom. The zero-order valence-electron chi connectivity index (χ0n) is 8.23. The molecule has 1 aromatic heterocycles. The molecule has 0 unspecified atom stereocenters. The van der Waals surface area contributed by atoms with Gasteiger partial charge in [0.2, 0.25) is 0 Å². The molecule has 0 N–H and O–H groups in total. The van der Waals surface area contributed by atoms with Crippen LogP contribution in [-0.2, 0) is 6.54 Å². The zero-order chi connectivity index (χ0) is 10.4. The monoisotopic (exact) mass is 198 g/mol. The molecule has 15 heavy (non-hydrogen) atoms. The highest BCUT2D eigenvalue weighted by atomic mass is 16.1. The van der Waals surface area contributed by atoms with Crippen molar-refractivity contribution in [3.8, 4) is 0 Å². The maximum absolute atomic E-state index is 11.7. The summed E-state index contributed by atoms with van der Waals surface area (Å²) >= 11 is 0. The minimum atomic E-state index is -0.153. The van der Waals surface area contributed by atoms with E-state index in [1.807, 2.05) is 24.3 Å². The molecule has 3 nitrogen and oxygen atoms in total. The molecule has 0 amide bonds. The predicted octanol–water partition coefficient (Wildman–Crippen LogP) is 1.81. The lowest BCUT2D eigenvalue weighted by molar-refractivity contribution is 0.772. The fourth-order valence-electron chi connectivity index (χ4n) is 2.08. The molecule has 0 radical (unpaired) electrons. The van der Waals surface area contributed by atoms with Crippen LogP contribution in [0.3, 0.4) is 0 Å². The van der Waals surface area contributed by atoms with Crippen molar-refractivity contribution in [2.24, 2.45) is 0 Å². The highest BCUT2D eigenvalue weighted by Crippen LogP contribution is 2.25. The molecule has 0 spiro atoms. The van der Waals surface area contributed by atoms with Crippen LogP contribution in [-0.4, -0.2) is 9.55 Å². The number of hydrogen-bond donors (Lipinski definition) is 0. The molecule has 2 heterocycles. The van der Waals surface area contributed by atoms with Gasteiger partial charge in [0, 0.05) is 6.54 Å². The number of aryl methyl sites for hydroxylation is 1. The van der Waals surface area contributed by atoms with Crippen LogP contribution in [0.2, 0.25) is 0 Å². The van der Waals surface area contributed by atoms with Gasteiger partial charge >= 0.3 is 0 Å². The Balaban J connectivity index is 2.54. The first-order chi connectivity index (χ1) is 7.27. The van der Waals surface area contributed by atoms with E-state index in [4.69, 9.17) is 0 Å². The maximum Gasteiger partial charge on any atom is 0.281 e. The molecule has 3 rings (SSSR count). The van der Waals surface area contributed by atoms with Gasteiger partial charge in [0.05, 0.1) is 10.9 Å². The van der Waals surface area contributed by atoms with E-state index in [2.05, 4.69) is 16.1 Å². The quantitative estimate of drug-likeness (QED) is 0.647. The van der Waals surface area contributed by atoms with E-state index in [0.717, 1.165) is 29.9 Å². The molecular formula is C12H10N2O. The van der Waals surface area contributed by atoms with E-state index in [9.17, 15) is 4.79 Å². The van der Waals surface area contributed by atoms with E-state index in [0.29, 0.717) is 5.39 Å². The molecule has 0 saturated heterocycles. The van der Waals surface area contributed by atoms with Crippen LogP contribution in [0.1, 0.15) is 12.2 Å². The molecule has 1 aromatic carbocycles. The molecule has 3 heteroatoms. The first-order valence-electron chi connectivity index (χ1n) is 4.95. The summed E-state index contributed by atoms with van der Waals surface area (Å²) < 4.78 is 2.07. The van der Waals surface area contributed by atoms with Crippen molar-refractivity contribution >= 4 is 16.5 Å². The summed E-state index contributed by atoms with van der Waals surface area (Å²) in [5.41, 5.74) is 1.77. The first-order valence-corrected chi connectivity index (χ1v) is 4.95. The second kappa shape index (κ2) is 2.79. The van der Waals surface area contributed by atoms with Crippen molar-refractivity contribution in [3.63, 3.8) is 0 Å². The predicted molar refractivity (Wildman–Crippen MR) is 59.7 cm³/mol. The van der Waals surface area contributed by atoms with Gasteiger partial charge in [-0.2, -0.15) is 4.98 Å². The van der Waals surface area contributed by atoms with Gasteiger partial charge in [-0.25, -0.2) is 0 Å². The summed E-state index contributed by atoms with van der Waals surface area (Å²) in [4.78, 5) is 15.8. The SMILES string of the molecule is C=C1CCn2c1nc(=O)c1ccccc12. The van der Waals surface area contributed by atoms with Crippen LogP contribution in [0.5, 0.6) is 0 Å². The highest BCUT2D eigenvalue weighted by Gasteiger charge is 2.18. The van der Waals surface area contributed by atoms with Gasteiger partial charge in [0.15, 0.2) is 0 Å². The molecule has 0 aliphatic carbocycles. The lowest BCUT2D eigenvalue weighted by Crippen LogP contribution is -2.14. The van der Waals surface area contributed by atoms with Crippen molar-refractivity contribution in [1.29, 1.82) is 0 Å². The standard InChI is InChI=1S/C12H10N2O/c1-8-6-7-14-10-5-3-2-4-9(10)12(15)13-11(8)14/h2-5H,1,6-7H2. The molecular weight excluding hydrogens is 188 g/mol. The number of allylic oxidation sites excluding steroid dienone is 1. The summed E-state index contributed by atoms with van der Waals surface area (Å²) in [5.74, 6) is 0.749. The molecule has 0 fully saturated rings. The number of nitrogens with zero attached hydrogens (tertiary/aromatic N) is 2. The number of rotatable bonds is 0. The number of para-hydroxylation sites is 1. The summed E-state index contributed by atoms with van der Waals surface area (Å²) in [6.45, 7) is 4.80. The summed E-state index contributed by atoms with van der Waals surface area (Å²) in [7, 11) is 0. The lowest BCUT2D eigenvalue weighted by atomic mass is 10.2. The minimum Gasteiger partial charge on any atom is -0.325 e. The van der Waals surface area contributed by atoms with Gasteiger partial charge in [0.25, 0.3) is 5.56 Å². The summed E-state index contributed by atoms with van der Waals surface area (Å²) in [5, 5.41) is 0.691. The molecule has 74 valence electrons. The lowest BCUT2D eigenvalue weighted by Gasteiger charge is -2.06. The third-order valence-electron chi connectivity index (χ3n) is 2.84. The van der Waals surface area contributed by atoms with Crippen molar-refractivity contribution in [3.05, 3.63) is 47.0 Å². The molecule has 2 aromatic rings. The van der Waals surface area contributed by atoms with Crippen LogP contribution in [0.25, 0.3) is 16.5 Å². The summed E-state index contributed by atoms with van der Waals surface area (Å²) in [6.07, 6.45) is 0.889. The van der Waals surface area contributed by atoms with Gasteiger partial charge in [0.1, 0.15) is 5.82 Å². The third kappa shape index (κ3) is 1.06. The van der Waals surface area contributed by atoms with Crippen molar-refractivity contribution in [2.75, 3.05) is 0 Å². The number of fused-ring (bicyclic) bond motifs is 3. The normalized spacial score (nSPS) is 14.5. The average molecular weight is 198 g/mol. The largest absolute Gasteiger partial charge is 0.325 e. The fourth-order valence-corrected chi connectivity index (χ4v) is 2.08. The van der Waals surface area contributed by atoms with E-state index in [1.165, 1.54) is 0 Å². The topological polar surface area (TPSA) is 34.9 Å². The molecule has 0 atom stereocenters. The Morgan fingerprint density at radius 1 is 1.33 bits per heavy atom. The Hall–Kier alpha value is -1.90. The smallest absolute Gasteiger partial charge is 0.281 e. The molecule has 0 saturated carbocycles. The van der Waals surface area contributed by atoms with Gasteiger partial charge in [-0.1, -0.05) is 18.7 Å². The Kier molecular flexibility index (Phi) is 1.57. The average Bonchev–Trinajstić information content (AvgIpc) is 2.62. The Morgan fingerprint density at radius 2 is 2.13 bits per heavy atom. The number of benzene rings is 1. The number of aromatic nitrogens is 2. The van der Waals surface area contributed by atoms with Gasteiger partial charge in [-0.15, -0.1) is 0 Å². The van der Waals surface area contributed by atoms with Gasteiger partial charge in [-0.05, 0) is 24.1 Å². The van der Waals surface area contributed by atoms with Crippen molar-refractivity contribution < 1.29 is 0 Å². The summed E-state index contributed by atoms with van der Waals surface area (Å²) in [6, 6.07) is 7.58. The van der Waals surface area contributed by atoms with Crippen LogP contribution in [0.15, 0.2) is 35.6 Å². The third-order valence-corrected chi connectivity index (χ3v) is 2.84. The van der Waals surface area contributed by atoms with Gasteiger partial charge in [-0.3, -0.25) is 4.79 Å². The molecule has 1 aliphatic rings. The molecule has 0 bridgehead atoms. The van der Waals surface area contributed by atoms with Crippen LogP contribution < -0.4 is 5.56 Å². The zero-order valence-corrected chi connectivity index (χ0v) is 8.23. The second-order valence-electron chi connectivity index (χ2n) is 3.76. The van der Waals surface area contributed by atoms with E-state index >= 15 is 0 Å².